The van der Waals surface area contributed by atoms with E-state index < -0.39 is 0 Å². The molecule has 2 aliphatic rings. The number of anilines is 1. The molecule has 1 aliphatic carbocycles. The van der Waals surface area contributed by atoms with Crippen LogP contribution in [0.15, 0.2) is 24.3 Å². The lowest BCUT2D eigenvalue weighted by Gasteiger charge is -2.35. The lowest BCUT2D eigenvalue weighted by molar-refractivity contribution is -0.120. The zero-order chi connectivity index (χ0) is 13.2. The fourth-order valence-electron chi connectivity index (χ4n) is 3.62. The summed E-state index contributed by atoms with van der Waals surface area (Å²) in [5, 5.41) is 0. The quantitative estimate of drug-likeness (QED) is 0.826. The van der Waals surface area contributed by atoms with Crippen LogP contribution in [0.5, 0.6) is 0 Å². The first kappa shape index (κ1) is 12.7. The second-order valence-corrected chi connectivity index (χ2v) is 6.23. The molecular formula is C17H23NO. The van der Waals surface area contributed by atoms with E-state index in [-0.39, 0.29) is 0 Å². The Bertz CT molecular complexity index is 468. The maximum Gasteiger partial charge on any atom is 0.136 e. The zero-order valence-electron chi connectivity index (χ0n) is 11.8. The number of rotatable bonds is 3. The SMILES string of the molecule is CC1Cc2ccccc2N(CCC2CCCC2=O)C1. The van der Waals surface area contributed by atoms with Gasteiger partial charge in [-0.15, -0.1) is 0 Å². The Hall–Kier alpha value is -1.31. The van der Waals surface area contributed by atoms with Crippen molar-refractivity contribution in [2.24, 2.45) is 11.8 Å². The molecule has 1 heterocycles. The van der Waals surface area contributed by atoms with Gasteiger partial charge in [-0.1, -0.05) is 25.1 Å². The normalized spacial score (nSPS) is 26.6. The van der Waals surface area contributed by atoms with Crippen molar-refractivity contribution < 1.29 is 4.79 Å². The highest BCUT2D eigenvalue weighted by Gasteiger charge is 2.26. The summed E-state index contributed by atoms with van der Waals surface area (Å²) < 4.78 is 0. The highest BCUT2D eigenvalue weighted by Crippen LogP contribution is 2.31. The van der Waals surface area contributed by atoms with E-state index in [1.165, 1.54) is 17.7 Å². The molecule has 0 radical (unpaired) electrons. The summed E-state index contributed by atoms with van der Waals surface area (Å²) in [4.78, 5) is 14.2. The smallest absolute Gasteiger partial charge is 0.136 e. The van der Waals surface area contributed by atoms with Gasteiger partial charge in [0, 0.05) is 31.1 Å². The highest BCUT2D eigenvalue weighted by atomic mass is 16.1. The summed E-state index contributed by atoms with van der Waals surface area (Å²) in [6, 6.07) is 8.74. The number of para-hydroxylation sites is 1. The van der Waals surface area contributed by atoms with Crippen LogP contribution < -0.4 is 4.90 Å². The number of hydrogen-bond donors (Lipinski definition) is 0. The van der Waals surface area contributed by atoms with Gasteiger partial charge in [-0.2, -0.15) is 0 Å². The van der Waals surface area contributed by atoms with E-state index in [1.54, 1.807) is 0 Å². The summed E-state index contributed by atoms with van der Waals surface area (Å²) in [6.45, 7) is 4.50. The summed E-state index contributed by atoms with van der Waals surface area (Å²) in [5.41, 5.74) is 2.87. The number of benzene rings is 1. The molecule has 2 unspecified atom stereocenters. The van der Waals surface area contributed by atoms with E-state index in [0.29, 0.717) is 17.6 Å². The summed E-state index contributed by atoms with van der Waals surface area (Å²) in [6.07, 6.45) is 5.27. The van der Waals surface area contributed by atoms with Crippen molar-refractivity contribution in [3.8, 4) is 0 Å². The van der Waals surface area contributed by atoms with Gasteiger partial charge in [-0.05, 0) is 43.2 Å². The Morgan fingerprint density at radius 1 is 1.32 bits per heavy atom. The minimum Gasteiger partial charge on any atom is -0.371 e. The molecule has 1 aromatic carbocycles. The molecule has 102 valence electrons. The molecule has 3 rings (SSSR count). The molecule has 0 spiro atoms. The van der Waals surface area contributed by atoms with Crippen LogP contribution in [0.1, 0.15) is 38.2 Å². The predicted molar refractivity (Wildman–Crippen MR) is 78.5 cm³/mol. The van der Waals surface area contributed by atoms with Crippen LogP contribution >= 0.6 is 0 Å². The van der Waals surface area contributed by atoms with Gasteiger partial charge in [0.15, 0.2) is 0 Å². The first-order valence-corrected chi connectivity index (χ1v) is 7.59. The Morgan fingerprint density at radius 3 is 2.95 bits per heavy atom. The topological polar surface area (TPSA) is 20.3 Å². The average molecular weight is 257 g/mol. The van der Waals surface area contributed by atoms with Crippen LogP contribution in [-0.4, -0.2) is 18.9 Å². The highest BCUT2D eigenvalue weighted by molar-refractivity contribution is 5.82. The number of nitrogens with zero attached hydrogens (tertiary/aromatic N) is 1. The molecule has 0 bridgehead atoms. The number of Topliss-reactive ketones (excluding diaryl/α,β-unsaturated/α-hetero) is 1. The number of hydrogen-bond acceptors (Lipinski definition) is 2. The van der Waals surface area contributed by atoms with Gasteiger partial charge in [-0.3, -0.25) is 4.79 Å². The molecule has 1 aromatic rings. The molecular weight excluding hydrogens is 234 g/mol. The minimum atomic E-state index is 0.337. The maximum atomic E-state index is 11.7. The van der Waals surface area contributed by atoms with Gasteiger partial charge < -0.3 is 4.90 Å². The minimum absolute atomic E-state index is 0.337. The molecule has 0 aromatic heterocycles. The van der Waals surface area contributed by atoms with Crippen LogP contribution in [0.25, 0.3) is 0 Å². The first-order valence-electron chi connectivity index (χ1n) is 7.59. The van der Waals surface area contributed by atoms with Gasteiger partial charge in [0.2, 0.25) is 0 Å². The predicted octanol–water partition coefficient (Wildman–Crippen LogP) is 3.44. The zero-order valence-corrected chi connectivity index (χ0v) is 11.8. The Labute approximate surface area is 115 Å². The maximum absolute atomic E-state index is 11.7. The molecule has 0 N–H and O–H groups in total. The van der Waals surface area contributed by atoms with Crippen molar-refractivity contribution in [2.75, 3.05) is 18.0 Å². The third-order valence-electron chi connectivity index (χ3n) is 4.61. The Morgan fingerprint density at radius 2 is 2.16 bits per heavy atom. The summed E-state index contributed by atoms with van der Waals surface area (Å²) in [5.74, 6) is 1.55. The molecule has 2 heteroatoms. The lowest BCUT2D eigenvalue weighted by atomic mass is 9.93. The van der Waals surface area contributed by atoms with Crippen molar-refractivity contribution in [3.05, 3.63) is 29.8 Å². The third kappa shape index (κ3) is 2.68. The standard InChI is InChI=1S/C17H23NO/c1-13-11-15-5-2-3-7-16(15)18(12-13)10-9-14-6-4-8-17(14)19/h2-3,5,7,13-14H,4,6,8-12H2,1H3. The molecule has 1 aliphatic heterocycles. The van der Waals surface area contributed by atoms with Crippen LogP contribution in [-0.2, 0) is 11.2 Å². The molecule has 19 heavy (non-hydrogen) atoms. The van der Waals surface area contributed by atoms with Gasteiger partial charge in [0.25, 0.3) is 0 Å². The fraction of sp³-hybridized carbons (Fsp3) is 0.588. The van der Waals surface area contributed by atoms with E-state index in [0.717, 1.165) is 38.8 Å². The van der Waals surface area contributed by atoms with Crippen molar-refractivity contribution in [1.82, 2.24) is 0 Å². The third-order valence-corrected chi connectivity index (χ3v) is 4.61. The second-order valence-electron chi connectivity index (χ2n) is 6.23. The van der Waals surface area contributed by atoms with Gasteiger partial charge in [0.05, 0.1) is 0 Å². The van der Waals surface area contributed by atoms with E-state index in [2.05, 4.69) is 36.1 Å². The molecule has 2 atom stereocenters. The van der Waals surface area contributed by atoms with E-state index in [9.17, 15) is 4.79 Å². The number of ketones is 1. The van der Waals surface area contributed by atoms with Crippen LogP contribution in [0.3, 0.4) is 0 Å². The first-order chi connectivity index (χ1) is 9.24. The summed E-state index contributed by atoms with van der Waals surface area (Å²) in [7, 11) is 0. The molecule has 1 saturated carbocycles. The van der Waals surface area contributed by atoms with Crippen LogP contribution in [0, 0.1) is 11.8 Å². The van der Waals surface area contributed by atoms with Crippen LogP contribution in [0.2, 0.25) is 0 Å². The fourth-order valence-corrected chi connectivity index (χ4v) is 3.62. The van der Waals surface area contributed by atoms with Crippen molar-refractivity contribution >= 4 is 11.5 Å². The molecule has 0 amide bonds. The Balaban J connectivity index is 1.69. The largest absolute Gasteiger partial charge is 0.371 e. The van der Waals surface area contributed by atoms with E-state index in [1.807, 2.05) is 0 Å². The number of fused-ring (bicyclic) bond motifs is 1. The Kier molecular flexibility index (Phi) is 3.58. The van der Waals surface area contributed by atoms with E-state index in [4.69, 9.17) is 0 Å². The monoisotopic (exact) mass is 257 g/mol. The van der Waals surface area contributed by atoms with Crippen molar-refractivity contribution in [2.45, 2.75) is 39.0 Å². The average Bonchev–Trinajstić information content (AvgIpc) is 2.81. The number of carbonyl (C=O) groups is 1. The molecule has 2 nitrogen and oxygen atoms in total. The van der Waals surface area contributed by atoms with Crippen molar-refractivity contribution in [1.29, 1.82) is 0 Å². The van der Waals surface area contributed by atoms with Gasteiger partial charge >= 0.3 is 0 Å². The van der Waals surface area contributed by atoms with Crippen LogP contribution in [0.4, 0.5) is 5.69 Å². The second kappa shape index (κ2) is 5.36. The van der Waals surface area contributed by atoms with E-state index >= 15 is 0 Å². The van der Waals surface area contributed by atoms with Gasteiger partial charge in [-0.25, -0.2) is 0 Å². The molecule has 1 fully saturated rings. The summed E-state index contributed by atoms with van der Waals surface area (Å²) >= 11 is 0. The van der Waals surface area contributed by atoms with Gasteiger partial charge in [0.1, 0.15) is 5.78 Å². The molecule has 0 saturated heterocycles. The lowest BCUT2D eigenvalue weighted by Crippen LogP contribution is -2.36. The van der Waals surface area contributed by atoms with Crippen molar-refractivity contribution in [3.63, 3.8) is 0 Å². The number of carbonyl (C=O) groups excluding carboxylic acids is 1.